The molecule has 1 fully saturated rings. The van der Waals surface area contributed by atoms with Crippen LogP contribution in [0.25, 0.3) is 0 Å². The minimum Gasteiger partial charge on any atom is -0.467 e. The summed E-state index contributed by atoms with van der Waals surface area (Å²) < 4.78 is 11.4. The summed E-state index contributed by atoms with van der Waals surface area (Å²) in [5, 5.41) is 2.70. The van der Waals surface area contributed by atoms with Crippen molar-refractivity contribution < 1.29 is 9.47 Å². The number of ether oxygens (including phenoxy) is 2. The maximum atomic E-state index is 6.14. The van der Waals surface area contributed by atoms with Gasteiger partial charge in [-0.05, 0) is 60.8 Å². The molecule has 0 amide bonds. The van der Waals surface area contributed by atoms with Gasteiger partial charge in [-0.15, -0.1) is 0 Å². The van der Waals surface area contributed by atoms with E-state index in [0.29, 0.717) is 8.58 Å². The van der Waals surface area contributed by atoms with Crippen LogP contribution in [0.4, 0.5) is 0 Å². The first-order valence-corrected chi connectivity index (χ1v) is 11.7. The highest BCUT2D eigenvalue weighted by atomic mass is 31.1. The first-order valence-electron chi connectivity index (χ1n) is 10.7. The molecule has 3 rings (SSSR count). The fraction of sp³-hybridized carbons (Fsp3) is 0.520. The van der Waals surface area contributed by atoms with Crippen LogP contribution in [-0.2, 0) is 16.7 Å². The fourth-order valence-corrected chi connectivity index (χ4v) is 5.39. The Morgan fingerprint density at radius 1 is 1.00 bits per heavy atom. The Morgan fingerprint density at radius 2 is 1.72 bits per heavy atom. The lowest BCUT2D eigenvalue weighted by Crippen LogP contribution is -2.30. The summed E-state index contributed by atoms with van der Waals surface area (Å²) in [6.45, 7) is 12.7. The second-order valence-corrected chi connectivity index (χ2v) is 10.4. The molecule has 0 saturated carbocycles. The van der Waals surface area contributed by atoms with Gasteiger partial charge in [0.1, 0.15) is 5.75 Å². The van der Waals surface area contributed by atoms with Crippen LogP contribution in [0.3, 0.4) is 0 Å². The summed E-state index contributed by atoms with van der Waals surface area (Å²) in [7, 11) is 2.25. The highest BCUT2D eigenvalue weighted by molar-refractivity contribution is 7.55. The Balaban J connectivity index is 1.94. The topological polar surface area (TPSA) is 21.7 Å². The van der Waals surface area contributed by atoms with Gasteiger partial charge in [0, 0.05) is 24.5 Å². The third-order valence-electron chi connectivity index (χ3n) is 5.49. The molecule has 2 aromatic rings. The second-order valence-electron chi connectivity index (χ2n) is 9.11. The molecule has 158 valence electrons. The van der Waals surface area contributed by atoms with E-state index in [9.17, 15) is 0 Å². The van der Waals surface area contributed by atoms with Gasteiger partial charge >= 0.3 is 0 Å². The second kappa shape index (κ2) is 10.1. The number of hydrogen-bond donors (Lipinski definition) is 0. The van der Waals surface area contributed by atoms with Crippen LogP contribution < -0.4 is 15.3 Å². The molecule has 0 N–H and O–H groups in total. The van der Waals surface area contributed by atoms with Gasteiger partial charge in [0.2, 0.25) is 0 Å². The molecule has 0 aromatic heterocycles. The number of nitrogens with zero attached hydrogens (tertiary/aromatic N) is 1. The molecule has 1 unspecified atom stereocenters. The van der Waals surface area contributed by atoms with Crippen molar-refractivity contribution in [1.29, 1.82) is 0 Å². The molecule has 1 heterocycles. The minimum atomic E-state index is 0.0155. The summed E-state index contributed by atoms with van der Waals surface area (Å²) >= 11 is 0. The Morgan fingerprint density at radius 3 is 2.41 bits per heavy atom. The number of aryl methyl sites for hydroxylation is 1. The summed E-state index contributed by atoms with van der Waals surface area (Å²) in [5.41, 5.74) is 4.01. The van der Waals surface area contributed by atoms with Crippen molar-refractivity contribution in [1.82, 2.24) is 4.90 Å². The molecular formula is C25H36NO2P. The normalized spacial score (nSPS) is 15.9. The van der Waals surface area contributed by atoms with E-state index in [4.69, 9.17) is 9.47 Å². The van der Waals surface area contributed by atoms with Crippen LogP contribution in [0, 0.1) is 6.92 Å². The van der Waals surface area contributed by atoms with Crippen molar-refractivity contribution in [3.8, 4) is 5.75 Å². The van der Waals surface area contributed by atoms with Crippen molar-refractivity contribution in [2.24, 2.45) is 0 Å². The van der Waals surface area contributed by atoms with E-state index in [0.717, 1.165) is 12.3 Å². The van der Waals surface area contributed by atoms with E-state index < -0.39 is 0 Å². The standard InChI is InChI=1S/C25H36NO2P/c1-19-15-21(25(2,3)4)24(28-18-27-5)23(16-19)29-22-12-8-7-11-20(22)17-26-13-9-6-10-14-26/h7-8,11-12,15-16,29H,6,9-10,13-14,17-18H2,1-5H3. The molecule has 0 spiro atoms. The van der Waals surface area contributed by atoms with Crippen LogP contribution >= 0.6 is 8.58 Å². The molecule has 1 saturated heterocycles. The molecule has 1 aliphatic rings. The fourth-order valence-electron chi connectivity index (χ4n) is 3.98. The predicted molar refractivity (Wildman–Crippen MR) is 126 cm³/mol. The first-order chi connectivity index (χ1) is 13.9. The van der Waals surface area contributed by atoms with Crippen LogP contribution in [0.1, 0.15) is 56.7 Å². The summed E-state index contributed by atoms with van der Waals surface area (Å²) in [4.78, 5) is 2.60. The molecule has 29 heavy (non-hydrogen) atoms. The highest BCUT2D eigenvalue weighted by Gasteiger charge is 2.23. The lowest BCUT2D eigenvalue weighted by atomic mass is 9.85. The molecule has 2 aromatic carbocycles. The molecule has 0 radical (unpaired) electrons. The first kappa shape index (κ1) is 22.3. The third kappa shape index (κ3) is 6.04. The molecule has 0 bridgehead atoms. The smallest absolute Gasteiger partial charge is 0.188 e. The lowest BCUT2D eigenvalue weighted by Gasteiger charge is -2.28. The van der Waals surface area contributed by atoms with E-state index >= 15 is 0 Å². The minimum absolute atomic E-state index is 0.0155. The summed E-state index contributed by atoms with van der Waals surface area (Å²) in [5.74, 6) is 0.996. The largest absolute Gasteiger partial charge is 0.467 e. The molecule has 1 atom stereocenters. The number of piperidine rings is 1. The van der Waals surface area contributed by atoms with Gasteiger partial charge in [-0.1, -0.05) is 66.1 Å². The molecular weight excluding hydrogens is 377 g/mol. The summed E-state index contributed by atoms with van der Waals surface area (Å²) in [6, 6.07) is 13.5. The van der Waals surface area contributed by atoms with Gasteiger partial charge in [0.15, 0.2) is 6.79 Å². The number of hydrogen-bond acceptors (Lipinski definition) is 3. The van der Waals surface area contributed by atoms with Crippen molar-refractivity contribution >= 4 is 19.2 Å². The van der Waals surface area contributed by atoms with Crippen LogP contribution in [0.2, 0.25) is 0 Å². The van der Waals surface area contributed by atoms with E-state index in [1.54, 1.807) is 7.11 Å². The molecule has 0 aliphatic carbocycles. The Hall–Kier alpha value is -1.41. The SMILES string of the molecule is COCOc1c(Pc2ccccc2CN2CCCCC2)cc(C)cc1C(C)(C)C. The third-order valence-corrected chi connectivity index (χ3v) is 6.89. The zero-order valence-electron chi connectivity index (χ0n) is 18.7. The van der Waals surface area contributed by atoms with Gasteiger partial charge in [0.05, 0.1) is 0 Å². The number of benzene rings is 2. The molecule has 3 nitrogen and oxygen atoms in total. The quantitative estimate of drug-likeness (QED) is 0.477. The van der Waals surface area contributed by atoms with Crippen molar-refractivity contribution in [3.63, 3.8) is 0 Å². The average Bonchev–Trinajstić information content (AvgIpc) is 2.68. The lowest BCUT2D eigenvalue weighted by molar-refractivity contribution is 0.0506. The van der Waals surface area contributed by atoms with Crippen LogP contribution in [0.5, 0.6) is 5.75 Å². The van der Waals surface area contributed by atoms with E-state index in [2.05, 4.69) is 69.0 Å². The average molecular weight is 414 g/mol. The van der Waals surface area contributed by atoms with Gasteiger partial charge in [0.25, 0.3) is 0 Å². The zero-order valence-corrected chi connectivity index (χ0v) is 19.7. The predicted octanol–water partition coefficient (Wildman–Crippen LogP) is 4.89. The van der Waals surface area contributed by atoms with Gasteiger partial charge in [-0.2, -0.15) is 0 Å². The van der Waals surface area contributed by atoms with Crippen molar-refractivity contribution in [3.05, 3.63) is 53.1 Å². The Labute approximate surface area is 178 Å². The number of likely N-dealkylation sites (tertiary alicyclic amines) is 1. The zero-order chi connectivity index (χ0) is 20.9. The Bertz CT molecular complexity index is 807. The van der Waals surface area contributed by atoms with E-state index in [1.165, 1.54) is 59.7 Å². The van der Waals surface area contributed by atoms with Crippen molar-refractivity contribution in [2.75, 3.05) is 27.0 Å². The molecule has 1 aliphatic heterocycles. The summed E-state index contributed by atoms with van der Waals surface area (Å²) in [6.07, 6.45) is 4.03. The monoisotopic (exact) mass is 413 g/mol. The highest BCUT2D eigenvalue weighted by Crippen LogP contribution is 2.34. The van der Waals surface area contributed by atoms with Gasteiger partial charge in [-0.3, -0.25) is 4.90 Å². The Kier molecular flexibility index (Phi) is 7.73. The maximum Gasteiger partial charge on any atom is 0.188 e. The van der Waals surface area contributed by atoms with Gasteiger partial charge in [-0.25, -0.2) is 0 Å². The van der Waals surface area contributed by atoms with E-state index in [1.807, 2.05) is 0 Å². The maximum absolute atomic E-state index is 6.14. The number of methoxy groups -OCH3 is 1. The molecule has 4 heteroatoms. The van der Waals surface area contributed by atoms with Crippen LogP contribution in [-0.4, -0.2) is 31.9 Å². The van der Waals surface area contributed by atoms with Crippen LogP contribution in [0.15, 0.2) is 36.4 Å². The van der Waals surface area contributed by atoms with Gasteiger partial charge < -0.3 is 9.47 Å². The number of rotatable bonds is 7. The van der Waals surface area contributed by atoms with Crippen molar-refractivity contribution in [2.45, 2.75) is 58.9 Å². The van der Waals surface area contributed by atoms with E-state index in [-0.39, 0.29) is 12.2 Å².